The van der Waals surface area contributed by atoms with E-state index in [9.17, 15) is 19.2 Å². The summed E-state index contributed by atoms with van der Waals surface area (Å²) in [6, 6.07) is 4.36. The molecule has 1 fully saturated rings. The van der Waals surface area contributed by atoms with Gasteiger partial charge in [0.2, 0.25) is 0 Å². The number of hydrogen-bond donors (Lipinski definition) is 2. The van der Waals surface area contributed by atoms with Crippen molar-refractivity contribution in [2.24, 2.45) is 0 Å². The Morgan fingerprint density at radius 3 is 2.83 bits per heavy atom. The lowest BCUT2D eigenvalue weighted by Gasteiger charge is -2.29. The van der Waals surface area contributed by atoms with Crippen molar-refractivity contribution < 1.29 is 19.2 Å². The van der Waals surface area contributed by atoms with E-state index in [0.717, 1.165) is 16.0 Å². The molecule has 9 heteroatoms. The predicted molar refractivity (Wildman–Crippen MR) is 114 cm³/mol. The highest BCUT2D eigenvalue weighted by Crippen LogP contribution is 2.34. The van der Waals surface area contributed by atoms with Crippen LogP contribution >= 0.6 is 22.9 Å². The maximum absolute atomic E-state index is 12.8. The Bertz CT molecular complexity index is 1060. The predicted octanol–water partition coefficient (Wildman–Crippen LogP) is 3.68. The van der Waals surface area contributed by atoms with Crippen LogP contribution in [0.15, 0.2) is 23.6 Å². The maximum Gasteiger partial charge on any atom is 0.319 e. The zero-order valence-corrected chi connectivity index (χ0v) is 17.9. The lowest BCUT2D eigenvalue weighted by atomic mass is 9.92. The lowest BCUT2D eigenvalue weighted by molar-refractivity contribution is -0.133. The Balaban J connectivity index is 1.39. The number of urea groups is 1. The number of nitrogens with one attached hydrogen (secondary N) is 2. The summed E-state index contributed by atoms with van der Waals surface area (Å²) in [5, 5.41) is 7.87. The van der Waals surface area contributed by atoms with Crippen LogP contribution in [0.5, 0.6) is 0 Å². The third-order valence-electron chi connectivity index (χ3n) is 5.46. The number of hydrogen-bond acceptors (Lipinski definition) is 5. The molecule has 0 unspecified atom stereocenters. The molecule has 7 nitrogen and oxygen atoms in total. The van der Waals surface area contributed by atoms with Gasteiger partial charge in [-0.2, -0.15) is 0 Å². The second-order valence-electron chi connectivity index (χ2n) is 7.49. The zero-order valence-electron chi connectivity index (χ0n) is 16.3. The average molecular weight is 446 g/mol. The molecular weight excluding hydrogens is 426 g/mol. The number of amides is 3. The van der Waals surface area contributed by atoms with E-state index in [2.05, 4.69) is 10.6 Å². The minimum atomic E-state index is -0.539. The number of aryl methyl sites for hydroxylation is 1. The van der Waals surface area contributed by atoms with Crippen LogP contribution in [0.3, 0.4) is 0 Å². The second-order valence-corrected chi connectivity index (χ2v) is 8.86. The smallest absolute Gasteiger partial charge is 0.319 e. The fraction of sp³-hybridized carbons (Fsp3) is 0.333. The zero-order chi connectivity index (χ0) is 21.4. The SMILES string of the molecule is Cc1ccc(NC(=O)NCc2scc3c2CN([C@H]2CCC(=O)CC2=O)C3=O)cc1Cl. The van der Waals surface area contributed by atoms with Gasteiger partial charge >= 0.3 is 6.03 Å². The van der Waals surface area contributed by atoms with Gasteiger partial charge in [0.1, 0.15) is 5.78 Å². The molecule has 3 amide bonds. The van der Waals surface area contributed by atoms with E-state index < -0.39 is 6.04 Å². The normalized spacial score (nSPS) is 18.5. The molecule has 1 aliphatic carbocycles. The quantitative estimate of drug-likeness (QED) is 0.702. The summed E-state index contributed by atoms with van der Waals surface area (Å²) >= 11 is 7.49. The van der Waals surface area contributed by atoms with Crippen LogP contribution in [0, 0.1) is 6.92 Å². The molecule has 0 radical (unpaired) electrons. The van der Waals surface area contributed by atoms with Crippen LogP contribution < -0.4 is 10.6 Å². The second kappa shape index (κ2) is 8.20. The summed E-state index contributed by atoms with van der Waals surface area (Å²) in [6.07, 6.45) is 0.607. The van der Waals surface area contributed by atoms with Crippen molar-refractivity contribution in [1.29, 1.82) is 0 Å². The Labute approximate surface area is 182 Å². The van der Waals surface area contributed by atoms with Gasteiger partial charge in [-0.1, -0.05) is 17.7 Å². The number of fused-ring (bicyclic) bond motifs is 1. The molecule has 2 aliphatic rings. The first kappa shape index (κ1) is 20.6. The molecule has 2 heterocycles. The van der Waals surface area contributed by atoms with E-state index >= 15 is 0 Å². The molecule has 30 heavy (non-hydrogen) atoms. The average Bonchev–Trinajstić information content (AvgIpc) is 3.23. The minimum Gasteiger partial charge on any atom is -0.333 e. The Kier molecular flexibility index (Phi) is 5.62. The van der Waals surface area contributed by atoms with Crippen molar-refractivity contribution in [3.8, 4) is 0 Å². The van der Waals surface area contributed by atoms with Gasteiger partial charge in [0.05, 0.1) is 24.6 Å². The summed E-state index contributed by atoms with van der Waals surface area (Å²) in [7, 11) is 0. The number of carbonyl (C=O) groups is 4. The largest absolute Gasteiger partial charge is 0.333 e. The van der Waals surface area contributed by atoms with Crippen molar-refractivity contribution in [3.63, 3.8) is 0 Å². The number of Topliss-reactive ketones (excluding diaryl/α,β-unsaturated/α-hetero) is 2. The van der Waals surface area contributed by atoms with Gasteiger partial charge < -0.3 is 15.5 Å². The molecule has 1 aromatic carbocycles. The Hall–Kier alpha value is -2.71. The standard InChI is InChI=1S/C21H20ClN3O4S/c1-11-2-3-12(6-16(11)22)24-21(29)23-8-19-14-9-25(20(28)15(14)10-30-19)17-5-4-13(26)7-18(17)27/h2-3,6,10,17H,4-5,7-9H2,1H3,(H2,23,24,29)/t17-/m0/s1. The summed E-state index contributed by atoms with van der Waals surface area (Å²) < 4.78 is 0. The van der Waals surface area contributed by atoms with Gasteiger partial charge in [0, 0.05) is 33.9 Å². The van der Waals surface area contributed by atoms with Crippen LogP contribution in [-0.4, -0.2) is 34.4 Å². The first-order valence-electron chi connectivity index (χ1n) is 9.59. The summed E-state index contributed by atoms with van der Waals surface area (Å²) in [6.45, 7) is 2.48. The highest BCUT2D eigenvalue weighted by molar-refractivity contribution is 7.10. The third-order valence-corrected chi connectivity index (χ3v) is 6.89. The number of anilines is 1. The molecule has 0 spiro atoms. The van der Waals surface area contributed by atoms with E-state index in [1.807, 2.05) is 13.0 Å². The molecule has 4 rings (SSSR count). The highest BCUT2D eigenvalue weighted by Gasteiger charge is 2.40. The van der Waals surface area contributed by atoms with Crippen LogP contribution in [0.25, 0.3) is 0 Å². The van der Waals surface area contributed by atoms with E-state index in [1.165, 1.54) is 11.3 Å². The molecule has 1 saturated carbocycles. The fourth-order valence-electron chi connectivity index (χ4n) is 3.77. The van der Waals surface area contributed by atoms with E-state index in [0.29, 0.717) is 35.7 Å². The number of thiophene rings is 1. The molecule has 1 atom stereocenters. The summed E-state index contributed by atoms with van der Waals surface area (Å²) in [5.74, 6) is -0.439. The maximum atomic E-state index is 12.8. The van der Waals surface area contributed by atoms with Crippen LogP contribution in [0.4, 0.5) is 10.5 Å². The fourth-order valence-corrected chi connectivity index (χ4v) is 4.92. The first-order valence-corrected chi connectivity index (χ1v) is 10.8. The first-order chi connectivity index (χ1) is 14.3. The van der Waals surface area contributed by atoms with Crippen molar-refractivity contribution >= 4 is 52.1 Å². The molecule has 0 saturated heterocycles. The lowest BCUT2D eigenvalue weighted by Crippen LogP contribution is -2.44. The molecule has 2 aromatic rings. The molecule has 156 valence electrons. The van der Waals surface area contributed by atoms with Crippen LogP contribution in [0.1, 0.15) is 45.6 Å². The van der Waals surface area contributed by atoms with Gasteiger partial charge in [-0.25, -0.2) is 4.79 Å². The number of rotatable bonds is 4. The number of nitrogens with zero attached hydrogens (tertiary/aromatic N) is 1. The van der Waals surface area contributed by atoms with E-state index in [-0.39, 0.29) is 36.5 Å². The molecule has 2 N–H and O–H groups in total. The highest BCUT2D eigenvalue weighted by atomic mass is 35.5. The van der Waals surface area contributed by atoms with E-state index in [4.69, 9.17) is 11.6 Å². The van der Waals surface area contributed by atoms with Crippen molar-refractivity contribution in [1.82, 2.24) is 10.2 Å². The molecule has 1 aromatic heterocycles. The van der Waals surface area contributed by atoms with Crippen LogP contribution in [0.2, 0.25) is 5.02 Å². The Morgan fingerprint density at radius 2 is 2.10 bits per heavy atom. The van der Waals surface area contributed by atoms with Crippen molar-refractivity contribution in [3.05, 3.63) is 50.2 Å². The number of carbonyl (C=O) groups excluding carboxylic acids is 4. The molecular formula is C21H20ClN3O4S. The molecule has 1 aliphatic heterocycles. The van der Waals surface area contributed by atoms with Gasteiger partial charge in [-0.15, -0.1) is 11.3 Å². The van der Waals surface area contributed by atoms with Gasteiger partial charge in [0.15, 0.2) is 5.78 Å². The van der Waals surface area contributed by atoms with Crippen LogP contribution in [-0.2, 0) is 22.7 Å². The Morgan fingerprint density at radius 1 is 1.30 bits per heavy atom. The number of benzene rings is 1. The number of ketones is 2. The van der Waals surface area contributed by atoms with Gasteiger partial charge in [-0.05, 0) is 36.6 Å². The third kappa shape index (κ3) is 3.97. The monoisotopic (exact) mass is 445 g/mol. The summed E-state index contributed by atoms with van der Waals surface area (Å²) in [5.41, 5.74) is 2.93. The van der Waals surface area contributed by atoms with Crippen molar-refractivity contribution in [2.75, 3.05) is 5.32 Å². The minimum absolute atomic E-state index is 0.0668. The summed E-state index contributed by atoms with van der Waals surface area (Å²) in [4.78, 5) is 51.1. The topological polar surface area (TPSA) is 95.6 Å². The van der Waals surface area contributed by atoms with Gasteiger partial charge in [-0.3, -0.25) is 14.4 Å². The van der Waals surface area contributed by atoms with Gasteiger partial charge in [0.25, 0.3) is 5.91 Å². The number of halogens is 1. The molecule has 0 bridgehead atoms. The van der Waals surface area contributed by atoms with E-state index in [1.54, 1.807) is 22.4 Å². The van der Waals surface area contributed by atoms with Crippen molar-refractivity contribution in [2.45, 2.75) is 45.3 Å².